The predicted molar refractivity (Wildman–Crippen MR) is 609 cm³/mol. The Hall–Kier alpha value is -15.7. The van der Waals surface area contributed by atoms with Gasteiger partial charge in [0.15, 0.2) is 0 Å². The summed E-state index contributed by atoms with van der Waals surface area (Å²) in [4.78, 5) is 39.9. The molecule has 0 aliphatic rings. The molecular weight excluding hydrogens is 2370 g/mol. The average molecular weight is 2480 g/mol. The molecule has 150 heavy (non-hydrogen) atoms. The number of nitrogens with zero attached hydrogens (tertiary/aromatic N) is 12. The van der Waals surface area contributed by atoms with Crippen molar-refractivity contribution in [2.24, 2.45) is 17.8 Å². The van der Waals surface area contributed by atoms with E-state index in [0.717, 1.165) is 155 Å². The van der Waals surface area contributed by atoms with Gasteiger partial charge in [0.05, 0.1) is 0 Å². The van der Waals surface area contributed by atoms with Gasteiger partial charge in [0.2, 0.25) is 0 Å². The summed E-state index contributed by atoms with van der Waals surface area (Å²) in [5, 5.41) is 7.72. The van der Waals surface area contributed by atoms with Gasteiger partial charge in [0.25, 0.3) is 0 Å². The third-order valence-electron chi connectivity index (χ3n) is 23.8. The van der Waals surface area contributed by atoms with Crippen molar-refractivity contribution in [1.29, 1.82) is 0 Å². The van der Waals surface area contributed by atoms with Crippen molar-refractivity contribution < 1.29 is 60.3 Å². The standard InChI is InChI=1S/3C21H19N2.6C12H10N.3Ir/c1-15(2)14-23-20-12-4-3-8-16(20)17-9-7-10-18(21(17)23)19-11-5-6-13-22-19;1-15(2)14-23-20-9-4-3-7-17(20)18-13-16(10-11-21(18)23)19-8-5-6-12-22-19;1-15(2)14-23-20-9-4-3-7-17(20)18-11-10-16(13-21(18)23)19-8-5-6-12-22-19;6*1-10-6-5-9-12(13-10)11-7-3-2-4-8-11;;;/h3*3-9,11-13,15H,14H2,1-2H3;6*2-7,9H,1H3;;;/q9*-1;3*+3. The summed E-state index contributed by atoms with van der Waals surface area (Å²) in [7, 11) is 0. The number of para-hydroxylation sites is 3. The van der Waals surface area contributed by atoms with E-state index in [2.05, 4.69) is 264 Å². The van der Waals surface area contributed by atoms with Crippen LogP contribution in [0.3, 0.4) is 0 Å². The molecule has 744 valence electrons. The third kappa shape index (κ3) is 30.6. The maximum Gasteiger partial charge on any atom is 3.00 e. The van der Waals surface area contributed by atoms with Crippen LogP contribution in [-0.4, -0.2) is 58.6 Å². The summed E-state index contributed by atoms with van der Waals surface area (Å²) in [5.74, 6) is 1.77. The van der Waals surface area contributed by atoms with Gasteiger partial charge in [-0.25, -0.2) is 0 Å². The molecule has 0 saturated heterocycles. The molecule has 0 saturated carbocycles. The number of benzene rings is 12. The predicted octanol–water partition coefficient (Wildman–Crippen LogP) is 33.1. The maximum absolute atomic E-state index is 4.54. The van der Waals surface area contributed by atoms with Gasteiger partial charge in [-0.15, -0.1) is 287 Å². The first-order valence-electron chi connectivity index (χ1n) is 49.9. The Morgan fingerprint density at radius 1 is 0.200 bits per heavy atom. The molecule has 0 aliphatic carbocycles. The largest absolute Gasteiger partial charge is 3.00 e. The van der Waals surface area contributed by atoms with Crippen molar-refractivity contribution in [1.82, 2.24) is 58.6 Å². The molecule has 0 spiro atoms. The molecule has 0 atom stereocenters. The Labute approximate surface area is 924 Å². The molecule has 24 aromatic rings. The molecule has 12 nitrogen and oxygen atoms in total. The number of hydrogen-bond donors (Lipinski definition) is 0. The normalized spacial score (nSPS) is 10.5. The molecule has 0 aliphatic heterocycles. The molecule has 0 unspecified atom stereocenters. The summed E-state index contributed by atoms with van der Waals surface area (Å²) in [5.41, 5.74) is 32.1. The minimum absolute atomic E-state index is 0. The van der Waals surface area contributed by atoms with Gasteiger partial charge < -0.3 is 58.6 Å². The minimum Gasteiger partial charge on any atom is -0.380 e. The Kier molecular flexibility index (Phi) is 42.0. The van der Waals surface area contributed by atoms with E-state index < -0.39 is 0 Å². The van der Waals surface area contributed by atoms with Crippen LogP contribution < -0.4 is 0 Å². The molecule has 0 fully saturated rings. The zero-order valence-electron chi connectivity index (χ0n) is 86.3. The first kappa shape index (κ1) is 112. The SMILES string of the molecule is CC(C)Cn1c2c[c-]c(-c3ccccn3)cc2c2ccccc21.CC(C)Cn1c2ccccc2c2c[c-]c(-c3ccccn3)cc21.CC(C)Cn1c2ccccc2c2cc[c-]c(-c3ccccn3)c21.Cc1cccc(-c2[c-]cccc2)n1.Cc1cccc(-c2[c-]cccc2)n1.Cc1cccc(-c2[c-]cccc2)n1.Cc1cccc(-c2[c-]cccc2)n1.Cc1cccc(-c2[c-]cccc2)n1.Cc1cccc(-c2[c-]cccc2)n1.[Ir+3].[Ir+3].[Ir+3]. The van der Waals surface area contributed by atoms with E-state index in [1.54, 1.807) is 0 Å². The number of pyridine rings is 9. The zero-order valence-corrected chi connectivity index (χ0v) is 93.5. The molecule has 12 aromatic carbocycles. The van der Waals surface area contributed by atoms with Gasteiger partial charge in [-0.1, -0.05) is 221 Å². The second kappa shape index (κ2) is 56.5. The first-order chi connectivity index (χ1) is 71.9. The van der Waals surface area contributed by atoms with Crippen LogP contribution in [0, 0.1) is 114 Å². The summed E-state index contributed by atoms with van der Waals surface area (Å²) in [6.45, 7) is 28.5. The van der Waals surface area contributed by atoms with Crippen molar-refractivity contribution in [3.63, 3.8) is 0 Å². The molecule has 12 heterocycles. The fraction of sp³-hybridized carbons (Fsp3) is 0.133. The third-order valence-corrected chi connectivity index (χ3v) is 23.8. The first-order valence-corrected chi connectivity index (χ1v) is 49.9. The van der Waals surface area contributed by atoms with Gasteiger partial charge in [-0.05, 0) is 216 Å². The molecular formula is C135H117Ir3N12. The second-order valence-electron chi connectivity index (χ2n) is 36.8. The van der Waals surface area contributed by atoms with Gasteiger partial charge in [-0.2, -0.15) is 0 Å². The minimum atomic E-state index is 0. The van der Waals surface area contributed by atoms with Crippen molar-refractivity contribution in [2.75, 3.05) is 0 Å². The van der Waals surface area contributed by atoms with Crippen LogP contribution in [0.2, 0.25) is 0 Å². The second-order valence-corrected chi connectivity index (χ2v) is 36.8. The van der Waals surface area contributed by atoms with Crippen LogP contribution in [0.5, 0.6) is 0 Å². The topological polar surface area (TPSA) is 131 Å². The summed E-state index contributed by atoms with van der Waals surface area (Å²) < 4.78 is 7.26. The zero-order chi connectivity index (χ0) is 102. The van der Waals surface area contributed by atoms with Crippen molar-refractivity contribution in [3.05, 3.63) is 526 Å². The van der Waals surface area contributed by atoms with Crippen LogP contribution in [-0.2, 0) is 80.0 Å². The van der Waals surface area contributed by atoms with Gasteiger partial charge >= 0.3 is 60.3 Å². The van der Waals surface area contributed by atoms with E-state index in [1.165, 1.54) is 65.4 Å². The Morgan fingerprint density at radius 3 is 0.787 bits per heavy atom. The van der Waals surface area contributed by atoms with Gasteiger partial charge in [0.1, 0.15) is 0 Å². The molecule has 0 amide bonds. The Bertz CT molecular complexity index is 7640. The Balaban J connectivity index is 0.000000142. The van der Waals surface area contributed by atoms with Gasteiger partial charge in [0, 0.05) is 88.9 Å². The van der Waals surface area contributed by atoms with Crippen LogP contribution >= 0.6 is 0 Å². The molecule has 12 aromatic heterocycles. The quantitative estimate of drug-likeness (QED) is 0.0921. The summed E-state index contributed by atoms with van der Waals surface area (Å²) in [6.07, 6.45) is 5.50. The molecule has 24 rings (SSSR count). The number of aryl methyl sites for hydroxylation is 6. The van der Waals surface area contributed by atoms with Crippen LogP contribution in [0.1, 0.15) is 75.7 Å². The smallest absolute Gasteiger partial charge is 0.380 e. The van der Waals surface area contributed by atoms with E-state index >= 15 is 0 Å². The van der Waals surface area contributed by atoms with Crippen LogP contribution in [0.25, 0.3) is 167 Å². The van der Waals surface area contributed by atoms with Crippen molar-refractivity contribution in [3.8, 4) is 101 Å². The Morgan fingerprint density at radius 2 is 0.473 bits per heavy atom. The molecule has 0 bridgehead atoms. The molecule has 0 radical (unpaired) electrons. The number of rotatable bonds is 15. The fourth-order valence-corrected chi connectivity index (χ4v) is 17.2. The van der Waals surface area contributed by atoms with E-state index in [4.69, 9.17) is 0 Å². The van der Waals surface area contributed by atoms with E-state index in [9.17, 15) is 0 Å². The number of aromatic nitrogens is 12. The summed E-state index contributed by atoms with van der Waals surface area (Å²) >= 11 is 0. The van der Waals surface area contributed by atoms with E-state index in [0.29, 0.717) is 17.8 Å². The van der Waals surface area contributed by atoms with Gasteiger partial charge in [-0.3, -0.25) is 0 Å². The molecule has 0 N–H and O–H groups in total. The van der Waals surface area contributed by atoms with E-state index in [1.807, 2.05) is 370 Å². The summed E-state index contributed by atoms with van der Waals surface area (Å²) in [6, 6.07) is 169. The monoisotopic (exact) mass is 2480 g/mol. The fourth-order valence-electron chi connectivity index (χ4n) is 17.2. The maximum atomic E-state index is 4.54. The van der Waals surface area contributed by atoms with Crippen LogP contribution in [0.4, 0.5) is 0 Å². The van der Waals surface area contributed by atoms with Crippen molar-refractivity contribution >= 4 is 65.4 Å². The average Bonchev–Trinajstić information content (AvgIpc) is 1.59. The van der Waals surface area contributed by atoms with Crippen LogP contribution in [0.15, 0.2) is 437 Å². The molecule has 15 heteroatoms. The number of hydrogen-bond acceptors (Lipinski definition) is 9. The number of fused-ring (bicyclic) bond motifs is 9. The van der Waals surface area contributed by atoms with Crippen molar-refractivity contribution in [2.45, 2.75) is 103 Å². The van der Waals surface area contributed by atoms with E-state index in [-0.39, 0.29) is 60.3 Å².